The number of nitrogens with two attached hydrogens (primary N) is 1. The molecule has 3 N–H and O–H groups in total. The van der Waals surface area contributed by atoms with E-state index in [1.807, 2.05) is 0 Å². The number of benzene rings is 1. The van der Waals surface area contributed by atoms with Gasteiger partial charge in [0.1, 0.15) is 17.4 Å². The second-order valence-electron chi connectivity index (χ2n) is 3.02. The minimum absolute atomic E-state index is 0.0197. The summed E-state index contributed by atoms with van der Waals surface area (Å²) in [5, 5.41) is 17.6. The summed E-state index contributed by atoms with van der Waals surface area (Å²) in [4.78, 5) is 10.9. The molecule has 0 bridgehead atoms. The van der Waals surface area contributed by atoms with E-state index in [2.05, 4.69) is 4.74 Å². The smallest absolute Gasteiger partial charge is 0.387 e. The Bertz CT molecular complexity index is 483. The van der Waals surface area contributed by atoms with E-state index in [4.69, 9.17) is 16.1 Å². The molecular weight excluding hydrogens is 234 g/mol. The third kappa shape index (κ3) is 2.89. The van der Waals surface area contributed by atoms with E-state index < -0.39 is 23.9 Å². The molecule has 0 aliphatic carbocycles. The molecule has 0 amide bonds. The maximum atomic E-state index is 12.1. The molecular formula is C10H8F2N2O3. The molecule has 0 aliphatic heterocycles. The topological polar surface area (TPSA) is 96.3 Å². The van der Waals surface area contributed by atoms with Crippen molar-refractivity contribution in [2.24, 2.45) is 5.73 Å². The fourth-order valence-electron chi connectivity index (χ4n) is 1.29. The Morgan fingerprint density at radius 1 is 1.59 bits per heavy atom. The lowest BCUT2D eigenvalue weighted by molar-refractivity contribution is -0.0503. The van der Waals surface area contributed by atoms with Gasteiger partial charge in [-0.05, 0) is 17.7 Å². The van der Waals surface area contributed by atoms with Gasteiger partial charge in [-0.1, -0.05) is 0 Å². The highest BCUT2D eigenvalue weighted by Gasteiger charge is 2.20. The molecule has 5 nitrogen and oxygen atoms in total. The first-order chi connectivity index (χ1) is 7.99. The molecule has 0 saturated carbocycles. The first-order valence-corrected chi connectivity index (χ1v) is 4.44. The Morgan fingerprint density at radius 2 is 2.24 bits per heavy atom. The molecule has 0 saturated heterocycles. The SMILES string of the molecule is N#Cc1cc(CN)cc(OC(F)F)c1C(=O)O. The molecule has 1 aromatic rings. The average molecular weight is 242 g/mol. The van der Waals surface area contributed by atoms with E-state index in [0.717, 1.165) is 6.07 Å². The van der Waals surface area contributed by atoms with Crippen LogP contribution in [-0.2, 0) is 6.54 Å². The van der Waals surface area contributed by atoms with Crippen LogP contribution in [-0.4, -0.2) is 17.7 Å². The number of rotatable bonds is 4. The quantitative estimate of drug-likeness (QED) is 0.829. The van der Waals surface area contributed by atoms with E-state index in [1.54, 1.807) is 6.07 Å². The Morgan fingerprint density at radius 3 is 2.65 bits per heavy atom. The van der Waals surface area contributed by atoms with Crippen molar-refractivity contribution < 1.29 is 23.4 Å². The minimum atomic E-state index is -3.17. The first-order valence-electron chi connectivity index (χ1n) is 4.44. The third-order valence-electron chi connectivity index (χ3n) is 1.95. The van der Waals surface area contributed by atoms with Gasteiger partial charge in [0.05, 0.1) is 5.56 Å². The van der Waals surface area contributed by atoms with Crippen LogP contribution in [0.4, 0.5) is 8.78 Å². The largest absolute Gasteiger partial charge is 0.478 e. The van der Waals surface area contributed by atoms with E-state index >= 15 is 0 Å². The summed E-state index contributed by atoms with van der Waals surface area (Å²) in [6, 6.07) is 3.91. The lowest BCUT2D eigenvalue weighted by Crippen LogP contribution is -2.11. The van der Waals surface area contributed by atoms with E-state index in [9.17, 15) is 13.6 Å². The second kappa shape index (κ2) is 5.23. The molecule has 0 spiro atoms. The fourth-order valence-corrected chi connectivity index (χ4v) is 1.29. The predicted octanol–water partition coefficient (Wildman–Crippen LogP) is 1.32. The summed E-state index contributed by atoms with van der Waals surface area (Å²) in [5.74, 6) is -2.08. The molecule has 0 atom stereocenters. The average Bonchev–Trinajstić information content (AvgIpc) is 2.26. The van der Waals surface area contributed by atoms with Gasteiger partial charge < -0.3 is 15.6 Å². The van der Waals surface area contributed by atoms with Gasteiger partial charge in [0, 0.05) is 6.54 Å². The third-order valence-corrected chi connectivity index (χ3v) is 1.95. The summed E-state index contributed by atoms with van der Waals surface area (Å²) in [5.41, 5.74) is 4.77. The number of carboxylic acid groups (broad SMARTS) is 1. The molecule has 0 radical (unpaired) electrons. The highest BCUT2D eigenvalue weighted by Crippen LogP contribution is 2.26. The number of nitrogens with zero attached hydrogens (tertiary/aromatic N) is 1. The maximum absolute atomic E-state index is 12.1. The summed E-state index contributed by atoms with van der Waals surface area (Å²) in [6.45, 7) is -3.19. The number of carboxylic acids is 1. The van der Waals surface area contributed by atoms with Gasteiger partial charge in [0.25, 0.3) is 0 Å². The number of hydrogen-bond acceptors (Lipinski definition) is 4. The molecule has 0 fully saturated rings. The number of ether oxygens (including phenoxy) is 1. The van der Waals surface area contributed by atoms with Crippen LogP contribution >= 0.6 is 0 Å². The van der Waals surface area contributed by atoms with Gasteiger partial charge in [-0.2, -0.15) is 14.0 Å². The molecule has 0 heterocycles. The number of aromatic carboxylic acids is 1. The van der Waals surface area contributed by atoms with Crippen molar-refractivity contribution in [2.75, 3.05) is 0 Å². The van der Waals surface area contributed by atoms with Crippen LogP contribution < -0.4 is 10.5 Å². The van der Waals surface area contributed by atoms with E-state index in [0.29, 0.717) is 5.56 Å². The molecule has 1 aromatic carbocycles. The summed E-state index contributed by atoms with van der Waals surface area (Å²) < 4.78 is 28.3. The van der Waals surface area contributed by atoms with E-state index in [1.165, 1.54) is 6.07 Å². The van der Waals surface area contributed by atoms with E-state index in [-0.39, 0.29) is 12.1 Å². The highest BCUT2D eigenvalue weighted by atomic mass is 19.3. The maximum Gasteiger partial charge on any atom is 0.387 e. The van der Waals surface area contributed by atoms with Gasteiger partial charge in [-0.25, -0.2) is 4.79 Å². The molecule has 0 aromatic heterocycles. The Labute approximate surface area is 95.0 Å². The zero-order chi connectivity index (χ0) is 13.0. The van der Waals surface area contributed by atoms with Crippen molar-refractivity contribution in [1.82, 2.24) is 0 Å². The van der Waals surface area contributed by atoms with Crippen LogP contribution in [0.2, 0.25) is 0 Å². The standard InChI is InChI=1S/C10H8F2N2O3/c11-10(12)17-7-2-5(3-13)1-6(4-14)8(7)9(15)16/h1-2,10H,3,13H2,(H,15,16). The second-order valence-corrected chi connectivity index (χ2v) is 3.02. The molecule has 0 unspecified atom stereocenters. The fraction of sp³-hybridized carbons (Fsp3) is 0.200. The molecule has 1 rings (SSSR count). The Kier molecular flexibility index (Phi) is 3.96. The van der Waals surface area contributed by atoms with Crippen molar-refractivity contribution in [1.29, 1.82) is 5.26 Å². The van der Waals surface area contributed by atoms with Crippen molar-refractivity contribution in [3.8, 4) is 11.8 Å². The van der Waals surface area contributed by atoms with Crippen LogP contribution in [0.5, 0.6) is 5.75 Å². The normalized spacial score (nSPS) is 10.1. The molecule has 7 heteroatoms. The van der Waals surface area contributed by atoms with Gasteiger partial charge in [-0.15, -0.1) is 0 Å². The monoisotopic (exact) mass is 242 g/mol. The number of nitriles is 1. The zero-order valence-corrected chi connectivity index (χ0v) is 8.48. The number of halogens is 2. The van der Waals surface area contributed by atoms with Crippen molar-refractivity contribution in [3.05, 3.63) is 28.8 Å². The minimum Gasteiger partial charge on any atom is -0.478 e. The number of alkyl halides is 2. The van der Waals surface area contributed by atoms with Crippen LogP contribution in [0.1, 0.15) is 21.5 Å². The highest BCUT2D eigenvalue weighted by molar-refractivity contribution is 5.94. The first kappa shape index (κ1) is 12.9. The number of hydrogen-bond donors (Lipinski definition) is 2. The molecule has 17 heavy (non-hydrogen) atoms. The summed E-state index contributed by atoms with van der Waals surface area (Å²) in [6.07, 6.45) is 0. The zero-order valence-electron chi connectivity index (χ0n) is 8.48. The Balaban J connectivity index is 3.42. The number of carbonyl (C=O) groups is 1. The summed E-state index contributed by atoms with van der Waals surface area (Å²) >= 11 is 0. The predicted molar refractivity (Wildman–Crippen MR) is 52.6 cm³/mol. The summed E-state index contributed by atoms with van der Waals surface area (Å²) in [7, 11) is 0. The van der Waals surface area contributed by atoms with Crippen molar-refractivity contribution >= 4 is 5.97 Å². The van der Waals surface area contributed by atoms with Crippen LogP contribution in [0, 0.1) is 11.3 Å². The molecule has 90 valence electrons. The molecule has 0 aliphatic rings. The van der Waals surface area contributed by atoms with Crippen molar-refractivity contribution in [3.63, 3.8) is 0 Å². The van der Waals surface area contributed by atoms with Crippen molar-refractivity contribution in [2.45, 2.75) is 13.2 Å². The van der Waals surface area contributed by atoms with Crippen LogP contribution in [0.3, 0.4) is 0 Å². The lowest BCUT2D eigenvalue weighted by atomic mass is 10.0. The van der Waals surface area contributed by atoms with Crippen LogP contribution in [0.15, 0.2) is 12.1 Å². The van der Waals surface area contributed by atoms with Gasteiger partial charge >= 0.3 is 12.6 Å². The Hall–Kier alpha value is -2.20. The van der Waals surface area contributed by atoms with Gasteiger partial charge in [0.2, 0.25) is 0 Å². The van der Waals surface area contributed by atoms with Crippen LogP contribution in [0.25, 0.3) is 0 Å². The van der Waals surface area contributed by atoms with Gasteiger partial charge in [0.15, 0.2) is 0 Å². The van der Waals surface area contributed by atoms with Gasteiger partial charge in [-0.3, -0.25) is 0 Å². The lowest BCUT2D eigenvalue weighted by Gasteiger charge is -2.11.